The summed E-state index contributed by atoms with van der Waals surface area (Å²) in [6.45, 7) is 2.09. The lowest BCUT2D eigenvalue weighted by molar-refractivity contribution is 0.385. The standard InChI is InChI=1S/C20H18N4O/c1-14-6-3-4-7-15(14)13-19-22-20(23-25-19)17-9-5-8-16(12-17)18-10-11-21-24(18)2/h3-12H,13H2,1-2H3. The van der Waals surface area contributed by atoms with Gasteiger partial charge in [-0.3, -0.25) is 4.68 Å². The largest absolute Gasteiger partial charge is 0.339 e. The number of aromatic nitrogens is 4. The van der Waals surface area contributed by atoms with Gasteiger partial charge in [0.2, 0.25) is 11.7 Å². The lowest BCUT2D eigenvalue weighted by atomic mass is 10.1. The zero-order chi connectivity index (χ0) is 17.2. The molecule has 0 aliphatic heterocycles. The second kappa shape index (κ2) is 6.36. The molecule has 124 valence electrons. The van der Waals surface area contributed by atoms with Gasteiger partial charge >= 0.3 is 0 Å². The van der Waals surface area contributed by atoms with Crippen molar-refractivity contribution < 1.29 is 4.52 Å². The first-order valence-electron chi connectivity index (χ1n) is 8.16. The first-order valence-corrected chi connectivity index (χ1v) is 8.16. The predicted octanol–water partition coefficient (Wildman–Crippen LogP) is 4.04. The average molecular weight is 330 g/mol. The van der Waals surface area contributed by atoms with Gasteiger partial charge in [-0.15, -0.1) is 0 Å². The lowest BCUT2D eigenvalue weighted by Gasteiger charge is -2.03. The van der Waals surface area contributed by atoms with Crippen LogP contribution >= 0.6 is 0 Å². The van der Waals surface area contributed by atoms with Gasteiger partial charge in [-0.2, -0.15) is 10.1 Å². The summed E-state index contributed by atoms with van der Waals surface area (Å²) in [5, 5.41) is 8.37. The molecule has 0 radical (unpaired) electrons. The van der Waals surface area contributed by atoms with Gasteiger partial charge in [0.25, 0.3) is 0 Å². The Morgan fingerprint density at radius 2 is 1.84 bits per heavy atom. The molecule has 0 fully saturated rings. The minimum Gasteiger partial charge on any atom is -0.339 e. The van der Waals surface area contributed by atoms with Crippen molar-refractivity contribution in [1.82, 2.24) is 19.9 Å². The molecule has 2 aromatic heterocycles. The summed E-state index contributed by atoms with van der Waals surface area (Å²) in [6, 6.07) is 18.3. The Morgan fingerprint density at radius 3 is 2.64 bits per heavy atom. The number of nitrogens with zero attached hydrogens (tertiary/aromatic N) is 4. The molecular formula is C20H18N4O. The van der Waals surface area contributed by atoms with E-state index in [1.807, 2.05) is 42.1 Å². The van der Waals surface area contributed by atoms with Crippen molar-refractivity contribution in [2.75, 3.05) is 0 Å². The van der Waals surface area contributed by atoms with Gasteiger partial charge in [-0.1, -0.05) is 47.6 Å². The number of benzene rings is 2. The Bertz CT molecular complexity index is 1020. The van der Waals surface area contributed by atoms with Gasteiger partial charge in [0, 0.05) is 24.4 Å². The zero-order valence-electron chi connectivity index (χ0n) is 14.2. The van der Waals surface area contributed by atoms with Crippen molar-refractivity contribution in [1.29, 1.82) is 0 Å². The van der Waals surface area contributed by atoms with Gasteiger partial charge in [-0.05, 0) is 30.2 Å². The van der Waals surface area contributed by atoms with Gasteiger partial charge in [-0.25, -0.2) is 0 Å². The fourth-order valence-electron chi connectivity index (χ4n) is 2.89. The molecule has 0 aliphatic carbocycles. The maximum absolute atomic E-state index is 5.45. The molecule has 0 bridgehead atoms. The zero-order valence-corrected chi connectivity index (χ0v) is 14.2. The van der Waals surface area contributed by atoms with Crippen molar-refractivity contribution in [3.05, 3.63) is 77.8 Å². The SMILES string of the molecule is Cc1ccccc1Cc1nc(-c2cccc(-c3ccnn3C)c2)no1. The van der Waals surface area contributed by atoms with E-state index in [9.17, 15) is 0 Å². The van der Waals surface area contributed by atoms with Crippen molar-refractivity contribution in [2.24, 2.45) is 7.05 Å². The van der Waals surface area contributed by atoms with E-state index in [4.69, 9.17) is 4.52 Å². The van der Waals surface area contributed by atoms with Crippen molar-refractivity contribution in [3.63, 3.8) is 0 Å². The highest BCUT2D eigenvalue weighted by molar-refractivity contribution is 5.67. The summed E-state index contributed by atoms with van der Waals surface area (Å²) in [5.74, 6) is 1.22. The third-order valence-electron chi connectivity index (χ3n) is 4.31. The number of hydrogen-bond acceptors (Lipinski definition) is 4. The van der Waals surface area contributed by atoms with Crippen LogP contribution in [0.4, 0.5) is 0 Å². The van der Waals surface area contributed by atoms with Gasteiger partial charge in [0.1, 0.15) is 0 Å². The van der Waals surface area contributed by atoms with Crippen LogP contribution < -0.4 is 0 Å². The highest BCUT2D eigenvalue weighted by Crippen LogP contribution is 2.24. The molecule has 2 heterocycles. The Kier molecular flexibility index (Phi) is 3.90. The molecule has 0 saturated carbocycles. The van der Waals surface area contributed by atoms with Crippen LogP contribution in [0, 0.1) is 6.92 Å². The third kappa shape index (κ3) is 3.08. The van der Waals surface area contributed by atoms with Crippen LogP contribution in [0.2, 0.25) is 0 Å². The Morgan fingerprint density at radius 1 is 1.00 bits per heavy atom. The van der Waals surface area contributed by atoms with Crippen LogP contribution in [0.25, 0.3) is 22.6 Å². The molecule has 2 aromatic carbocycles. The minimum atomic E-state index is 0.604. The fourth-order valence-corrected chi connectivity index (χ4v) is 2.89. The quantitative estimate of drug-likeness (QED) is 0.567. The van der Waals surface area contributed by atoms with E-state index >= 15 is 0 Å². The molecule has 0 unspecified atom stereocenters. The van der Waals surface area contributed by atoms with E-state index in [1.165, 1.54) is 11.1 Å². The van der Waals surface area contributed by atoms with E-state index in [0.29, 0.717) is 18.1 Å². The van der Waals surface area contributed by atoms with E-state index in [0.717, 1.165) is 16.8 Å². The van der Waals surface area contributed by atoms with Crippen LogP contribution in [-0.2, 0) is 13.5 Å². The second-order valence-corrected chi connectivity index (χ2v) is 6.04. The number of rotatable bonds is 4. The normalized spacial score (nSPS) is 11.0. The van der Waals surface area contributed by atoms with Crippen LogP contribution in [0.15, 0.2) is 65.3 Å². The monoisotopic (exact) mass is 330 g/mol. The maximum Gasteiger partial charge on any atom is 0.231 e. The van der Waals surface area contributed by atoms with Crippen molar-refractivity contribution in [3.8, 4) is 22.6 Å². The summed E-state index contributed by atoms with van der Waals surface area (Å²) in [7, 11) is 1.93. The molecule has 4 aromatic rings. The van der Waals surface area contributed by atoms with Crippen LogP contribution in [0.3, 0.4) is 0 Å². The van der Waals surface area contributed by atoms with Crippen LogP contribution in [0.5, 0.6) is 0 Å². The molecule has 5 heteroatoms. The molecular weight excluding hydrogens is 312 g/mol. The number of hydrogen-bond donors (Lipinski definition) is 0. The Labute approximate surface area is 145 Å². The topological polar surface area (TPSA) is 56.7 Å². The first kappa shape index (κ1) is 15.3. The maximum atomic E-state index is 5.45. The van der Waals surface area contributed by atoms with Crippen molar-refractivity contribution >= 4 is 0 Å². The molecule has 5 nitrogen and oxygen atoms in total. The minimum absolute atomic E-state index is 0.604. The molecule has 0 amide bonds. The van der Waals surface area contributed by atoms with E-state index in [-0.39, 0.29) is 0 Å². The van der Waals surface area contributed by atoms with Gasteiger partial charge in [0.15, 0.2) is 0 Å². The number of aryl methyl sites for hydroxylation is 2. The highest BCUT2D eigenvalue weighted by atomic mass is 16.5. The Balaban J connectivity index is 1.62. The summed E-state index contributed by atoms with van der Waals surface area (Å²) in [5.41, 5.74) is 5.47. The summed E-state index contributed by atoms with van der Waals surface area (Å²) < 4.78 is 7.30. The highest BCUT2D eigenvalue weighted by Gasteiger charge is 2.12. The smallest absolute Gasteiger partial charge is 0.231 e. The van der Waals surface area contributed by atoms with E-state index < -0.39 is 0 Å². The Hall–Kier alpha value is -3.21. The third-order valence-corrected chi connectivity index (χ3v) is 4.31. The van der Waals surface area contributed by atoms with Gasteiger partial charge in [0.05, 0.1) is 12.1 Å². The van der Waals surface area contributed by atoms with Crippen molar-refractivity contribution in [2.45, 2.75) is 13.3 Å². The summed E-state index contributed by atoms with van der Waals surface area (Å²) in [6.07, 6.45) is 2.43. The predicted molar refractivity (Wildman–Crippen MR) is 95.9 cm³/mol. The van der Waals surface area contributed by atoms with E-state index in [2.05, 4.69) is 46.4 Å². The molecule has 0 atom stereocenters. The summed E-state index contributed by atoms with van der Waals surface area (Å²) >= 11 is 0. The lowest BCUT2D eigenvalue weighted by Crippen LogP contribution is -1.94. The molecule has 4 rings (SSSR count). The van der Waals surface area contributed by atoms with Gasteiger partial charge < -0.3 is 4.52 Å². The molecule has 0 N–H and O–H groups in total. The summed E-state index contributed by atoms with van der Waals surface area (Å²) in [4.78, 5) is 4.56. The van der Waals surface area contributed by atoms with Crippen LogP contribution in [-0.4, -0.2) is 19.9 Å². The van der Waals surface area contributed by atoms with E-state index in [1.54, 1.807) is 6.20 Å². The fraction of sp³-hybridized carbons (Fsp3) is 0.150. The average Bonchev–Trinajstić information content (AvgIpc) is 3.26. The molecule has 0 saturated heterocycles. The van der Waals surface area contributed by atoms with Crippen LogP contribution in [0.1, 0.15) is 17.0 Å². The molecule has 25 heavy (non-hydrogen) atoms. The molecule has 0 aliphatic rings. The second-order valence-electron chi connectivity index (χ2n) is 6.04. The first-order chi connectivity index (χ1) is 12.2. The molecule has 0 spiro atoms.